The lowest BCUT2D eigenvalue weighted by molar-refractivity contribution is -0.131. The molecule has 0 aromatic carbocycles. The Morgan fingerprint density at radius 1 is 1.24 bits per heavy atom. The van der Waals surface area contributed by atoms with Crippen LogP contribution < -0.4 is 5.32 Å². The molecule has 2 aliphatic rings. The highest BCUT2D eigenvalue weighted by molar-refractivity contribution is 5.73. The molecule has 0 aromatic heterocycles. The third kappa shape index (κ3) is 6.00. The predicted octanol–water partition coefficient (Wildman–Crippen LogP) is -0.280. The van der Waals surface area contributed by atoms with Crippen LogP contribution in [0.1, 0.15) is 32.6 Å². The first kappa shape index (κ1) is 14.4. The Balaban J connectivity index is 0.000000181. The van der Waals surface area contributed by atoms with E-state index in [0.717, 1.165) is 45.3 Å². The lowest BCUT2D eigenvalue weighted by Crippen LogP contribution is -2.40. The number of nitrogens with zero attached hydrogens (tertiary/aromatic N) is 1. The number of β-amino-alcohol motifs (C(OH)–C–C–N with tert-alkyl or cyclic N) is 2. The molecule has 1 amide bonds. The molecular formula is C12H24N2O3. The Hall–Kier alpha value is -0.650. The molecule has 0 spiro atoms. The Morgan fingerprint density at radius 2 is 1.94 bits per heavy atom. The van der Waals surface area contributed by atoms with E-state index in [1.165, 1.54) is 6.92 Å². The summed E-state index contributed by atoms with van der Waals surface area (Å²) in [6, 6.07) is 0. The number of hydrogen-bond donors (Lipinski definition) is 3. The van der Waals surface area contributed by atoms with Crippen molar-refractivity contribution in [2.45, 2.75) is 44.8 Å². The maximum absolute atomic E-state index is 10.8. The van der Waals surface area contributed by atoms with Gasteiger partial charge in [0, 0.05) is 26.6 Å². The summed E-state index contributed by atoms with van der Waals surface area (Å²) in [6.45, 7) is 4.75. The number of amides is 1. The van der Waals surface area contributed by atoms with Gasteiger partial charge in [-0.25, -0.2) is 0 Å². The largest absolute Gasteiger partial charge is 0.392 e. The van der Waals surface area contributed by atoms with E-state index in [-0.39, 0.29) is 18.1 Å². The predicted molar refractivity (Wildman–Crippen MR) is 65.6 cm³/mol. The van der Waals surface area contributed by atoms with Crippen molar-refractivity contribution in [1.82, 2.24) is 10.2 Å². The van der Waals surface area contributed by atoms with E-state index in [1.54, 1.807) is 4.90 Å². The van der Waals surface area contributed by atoms with Gasteiger partial charge in [0.05, 0.1) is 12.2 Å². The third-order valence-electron chi connectivity index (χ3n) is 3.11. The molecule has 0 bridgehead atoms. The molecule has 2 fully saturated rings. The van der Waals surface area contributed by atoms with Crippen molar-refractivity contribution in [2.75, 3.05) is 26.2 Å². The van der Waals surface area contributed by atoms with Crippen LogP contribution in [-0.4, -0.2) is 59.4 Å². The minimum Gasteiger partial charge on any atom is -0.392 e. The van der Waals surface area contributed by atoms with Gasteiger partial charge < -0.3 is 20.4 Å². The van der Waals surface area contributed by atoms with Crippen LogP contribution in [0.3, 0.4) is 0 Å². The van der Waals surface area contributed by atoms with Gasteiger partial charge in [-0.1, -0.05) is 0 Å². The van der Waals surface area contributed by atoms with Crippen molar-refractivity contribution >= 4 is 5.91 Å². The molecule has 5 heteroatoms. The summed E-state index contributed by atoms with van der Waals surface area (Å²) >= 11 is 0. The fraction of sp³-hybridized carbons (Fsp3) is 0.917. The molecule has 2 saturated heterocycles. The number of aliphatic hydroxyl groups excluding tert-OH is 2. The standard InChI is InChI=1S/C7H13NO2.C5H11NO/c1-6(9)8-4-2-3-7(10)5-8;7-5-2-1-3-6-4-5/h7,10H,2-5H2,1H3;5-7H,1-4H2. The van der Waals surface area contributed by atoms with Crippen molar-refractivity contribution in [1.29, 1.82) is 0 Å². The van der Waals surface area contributed by atoms with Crippen molar-refractivity contribution in [2.24, 2.45) is 0 Å². The average Bonchev–Trinajstić information content (AvgIpc) is 2.31. The van der Waals surface area contributed by atoms with Gasteiger partial charge in [-0.15, -0.1) is 0 Å². The zero-order valence-corrected chi connectivity index (χ0v) is 10.6. The van der Waals surface area contributed by atoms with Crippen LogP contribution in [0.15, 0.2) is 0 Å². The van der Waals surface area contributed by atoms with E-state index in [0.29, 0.717) is 6.54 Å². The number of nitrogens with one attached hydrogen (secondary N) is 1. The number of rotatable bonds is 0. The third-order valence-corrected chi connectivity index (χ3v) is 3.11. The summed E-state index contributed by atoms with van der Waals surface area (Å²) in [6.07, 6.45) is 3.50. The summed E-state index contributed by atoms with van der Waals surface area (Å²) in [4.78, 5) is 12.4. The van der Waals surface area contributed by atoms with Gasteiger partial charge >= 0.3 is 0 Å². The molecule has 0 aliphatic carbocycles. The van der Waals surface area contributed by atoms with Crippen LogP contribution in [0.5, 0.6) is 0 Å². The minimum atomic E-state index is -0.294. The number of carbonyl (C=O) groups excluding carboxylic acids is 1. The second-order valence-electron chi connectivity index (χ2n) is 4.76. The van der Waals surface area contributed by atoms with E-state index < -0.39 is 0 Å². The molecule has 2 unspecified atom stereocenters. The van der Waals surface area contributed by atoms with Gasteiger partial charge in [0.2, 0.25) is 5.91 Å². The topological polar surface area (TPSA) is 72.8 Å². The molecule has 2 aliphatic heterocycles. The van der Waals surface area contributed by atoms with Gasteiger partial charge in [-0.3, -0.25) is 4.79 Å². The maximum atomic E-state index is 10.8. The highest BCUT2D eigenvalue weighted by atomic mass is 16.3. The van der Waals surface area contributed by atoms with Gasteiger partial charge in [-0.05, 0) is 32.2 Å². The van der Waals surface area contributed by atoms with Crippen molar-refractivity contribution < 1.29 is 15.0 Å². The first-order valence-electron chi connectivity index (χ1n) is 6.42. The van der Waals surface area contributed by atoms with Gasteiger partial charge in [0.1, 0.15) is 0 Å². The lowest BCUT2D eigenvalue weighted by atomic mass is 10.1. The zero-order valence-electron chi connectivity index (χ0n) is 10.6. The van der Waals surface area contributed by atoms with E-state index in [1.807, 2.05) is 0 Å². The normalized spacial score (nSPS) is 29.2. The first-order chi connectivity index (χ1) is 8.09. The van der Waals surface area contributed by atoms with Crippen molar-refractivity contribution in [3.05, 3.63) is 0 Å². The fourth-order valence-electron chi connectivity index (χ4n) is 2.07. The Morgan fingerprint density at radius 3 is 2.29 bits per heavy atom. The second-order valence-corrected chi connectivity index (χ2v) is 4.76. The van der Waals surface area contributed by atoms with E-state index in [4.69, 9.17) is 10.2 Å². The monoisotopic (exact) mass is 244 g/mol. The number of piperidine rings is 2. The smallest absolute Gasteiger partial charge is 0.219 e. The SMILES string of the molecule is CC(=O)N1CCCC(O)C1.OC1CCCNC1. The number of likely N-dealkylation sites (tertiary alicyclic amines) is 1. The molecule has 0 aromatic rings. The Labute approximate surface area is 103 Å². The summed E-state index contributed by atoms with van der Waals surface area (Å²) in [5.74, 6) is 0.0683. The molecule has 5 nitrogen and oxygen atoms in total. The van der Waals surface area contributed by atoms with Crippen LogP contribution in [0, 0.1) is 0 Å². The molecule has 2 rings (SSSR count). The molecule has 17 heavy (non-hydrogen) atoms. The summed E-state index contributed by atoms with van der Waals surface area (Å²) in [5.41, 5.74) is 0. The van der Waals surface area contributed by atoms with Crippen LogP contribution in [0.4, 0.5) is 0 Å². The maximum Gasteiger partial charge on any atom is 0.219 e. The Bertz CT molecular complexity index is 230. The van der Waals surface area contributed by atoms with Gasteiger partial charge in [0.15, 0.2) is 0 Å². The zero-order chi connectivity index (χ0) is 12.7. The second kappa shape index (κ2) is 7.63. The summed E-state index contributed by atoms with van der Waals surface area (Å²) in [7, 11) is 0. The molecule has 0 radical (unpaired) electrons. The minimum absolute atomic E-state index is 0.0683. The summed E-state index contributed by atoms with van der Waals surface area (Å²) in [5, 5.41) is 21.1. The molecular weight excluding hydrogens is 220 g/mol. The fourth-order valence-corrected chi connectivity index (χ4v) is 2.07. The van der Waals surface area contributed by atoms with Crippen LogP contribution in [-0.2, 0) is 4.79 Å². The number of carbonyl (C=O) groups is 1. The number of hydrogen-bond acceptors (Lipinski definition) is 4. The number of aliphatic hydroxyl groups is 2. The van der Waals surface area contributed by atoms with Crippen molar-refractivity contribution in [3.63, 3.8) is 0 Å². The highest BCUT2D eigenvalue weighted by Crippen LogP contribution is 2.08. The van der Waals surface area contributed by atoms with E-state index >= 15 is 0 Å². The van der Waals surface area contributed by atoms with Gasteiger partial charge in [0.25, 0.3) is 0 Å². The molecule has 100 valence electrons. The van der Waals surface area contributed by atoms with Crippen LogP contribution in [0.25, 0.3) is 0 Å². The molecule has 2 atom stereocenters. The first-order valence-corrected chi connectivity index (χ1v) is 6.42. The highest BCUT2D eigenvalue weighted by Gasteiger charge is 2.18. The molecule has 0 saturated carbocycles. The van der Waals surface area contributed by atoms with Gasteiger partial charge in [-0.2, -0.15) is 0 Å². The average molecular weight is 244 g/mol. The van der Waals surface area contributed by atoms with Crippen molar-refractivity contribution in [3.8, 4) is 0 Å². The van der Waals surface area contributed by atoms with E-state index in [9.17, 15) is 4.79 Å². The molecule has 3 N–H and O–H groups in total. The Kier molecular flexibility index (Phi) is 6.47. The van der Waals surface area contributed by atoms with Crippen LogP contribution >= 0.6 is 0 Å². The summed E-state index contributed by atoms with van der Waals surface area (Å²) < 4.78 is 0. The lowest BCUT2D eigenvalue weighted by Gasteiger charge is -2.28. The molecule has 2 heterocycles. The quantitative estimate of drug-likeness (QED) is 0.548. The van der Waals surface area contributed by atoms with Crippen LogP contribution in [0.2, 0.25) is 0 Å². The van der Waals surface area contributed by atoms with E-state index in [2.05, 4.69) is 5.32 Å².